The molecule has 1 aliphatic rings. The van der Waals surface area contributed by atoms with Crippen molar-refractivity contribution in [2.45, 2.75) is 30.8 Å². The number of nitrogens with zero attached hydrogens (tertiary/aromatic N) is 4. The van der Waals surface area contributed by atoms with E-state index < -0.39 is 15.6 Å². The van der Waals surface area contributed by atoms with Gasteiger partial charge in [-0.15, -0.1) is 0 Å². The van der Waals surface area contributed by atoms with Gasteiger partial charge in [-0.25, -0.2) is 13.4 Å². The lowest BCUT2D eigenvalue weighted by atomic mass is 10.0. The molecule has 0 bridgehead atoms. The Hall–Kier alpha value is -2.04. The number of β-amino-alcohol motifs (C(OH)–C–C–N with tert-alkyl or cyclic N) is 1. The van der Waals surface area contributed by atoms with Crippen LogP contribution in [0.4, 0.5) is 0 Å². The van der Waals surface area contributed by atoms with Gasteiger partial charge in [0.2, 0.25) is 15.9 Å². The van der Waals surface area contributed by atoms with E-state index in [4.69, 9.17) is 9.26 Å². The Kier molecular flexibility index (Phi) is 4.28. The summed E-state index contributed by atoms with van der Waals surface area (Å²) in [5.74, 6) is 0.772. The number of aromatic nitrogens is 3. The SMILES string of the molecule is CCOc1ccc(S(=O)(=O)N2CCC(O)(c3nc(C)no3)C2)cn1. The molecular weight excluding hydrogens is 336 g/mol. The Balaban J connectivity index is 1.81. The standard InChI is InChI=1S/C14H18N4O5S/c1-3-22-12-5-4-11(8-15-12)24(20,21)18-7-6-14(19,9-18)13-16-10(2)17-23-13/h4-5,8,19H,3,6-7,9H2,1-2H3. The van der Waals surface area contributed by atoms with E-state index in [-0.39, 0.29) is 30.3 Å². The summed E-state index contributed by atoms with van der Waals surface area (Å²) in [6.07, 6.45) is 1.42. The number of rotatable bonds is 5. The lowest BCUT2D eigenvalue weighted by Gasteiger charge is -2.19. The lowest BCUT2D eigenvalue weighted by Crippen LogP contribution is -2.34. The van der Waals surface area contributed by atoms with Crippen molar-refractivity contribution in [2.75, 3.05) is 19.7 Å². The number of aryl methyl sites for hydroxylation is 1. The highest BCUT2D eigenvalue weighted by Gasteiger charge is 2.46. The Morgan fingerprint density at radius 1 is 1.46 bits per heavy atom. The van der Waals surface area contributed by atoms with Crippen LogP contribution in [0.25, 0.3) is 0 Å². The van der Waals surface area contributed by atoms with Crippen LogP contribution < -0.4 is 4.74 Å². The van der Waals surface area contributed by atoms with E-state index in [0.29, 0.717) is 18.3 Å². The third kappa shape index (κ3) is 2.99. The van der Waals surface area contributed by atoms with E-state index in [1.165, 1.54) is 22.6 Å². The summed E-state index contributed by atoms with van der Waals surface area (Å²) < 4.78 is 36.8. The number of aliphatic hydroxyl groups is 1. The zero-order chi connectivity index (χ0) is 17.4. The fraction of sp³-hybridized carbons (Fsp3) is 0.500. The molecule has 0 spiro atoms. The van der Waals surface area contributed by atoms with Crippen LogP contribution in [0.3, 0.4) is 0 Å². The van der Waals surface area contributed by atoms with Gasteiger partial charge >= 0.3 is 0 Å². The van der Waals surface area contributed by atoms with Crippen LogP contribution in [0, 0.1) is 6.92 Å². The minimum absolute atomic E-state index is 0.0301. The Labute approximate surface area is 139 Å². The maximum atomic E-state index is 12.7. The summed E-state index contributed by atoms with van der Waals surface area (Å²) in [6.45, 7) is 3.89. The van der Waals surface area contributed by atoms with Crippen LogP contribution >= 0.6 is 0 Å². The number of sulfonamides is 1. The molecular formula is C14H18N4O5S. The van der Waals surface area contributed by atoms with E-state index in [9.17, 15) is 13.5 Å². The van der Waals surface area contributed by atoms with Gasteiger partial charge < -0.3 is 14.4 Å². The van der Waals surface area contributed by atoms with E-state index in [1.807, 2.05) is 6.92 Å². The van der Waals surface area contributed by atoms with Gasteiger partial charge in [0.05, 0.1) is 19.3 Å². The molecule has 2 aromatic heterocycles. The minimum atomic E-state index is -3.78. The first-order valence-corrected chi connectivity index (χ1v) is 8.91. The van der Waals surface area contributed by atoms with Gasteiger partial charge in [-0.1, -0.05) is 5.16 Å². The van der Waals surface area contributed by atoms with Crippen molar-refractivity contribution in [2.24, 2.45) is 0 Å². The topological polar surface area (TPSA) is 119 Å². The maximum absolute atomic E-state index is 12.7. The first kappa shape index (κ1) is 16.8. The molecule has 0 aliphatic carbocycles. The third-order valence-electron chi connectivity index (χ3n) is 3.78. The van der Waals surface area contributed by atoms with Crippen molar-refractivity contribution in [1.29, 1.82) is 0 Å². The summed E-state index contributed by atoms with van der Waals surface area (Å²) in [7, 11) is -3.78. The second kappa shape index (κ2) is 6.11. The van der Waals surface area contributed by atoms with Crippen molar-refractivity contribution in [1.82, 2.24) is 19.4 Å². The number of ether oxygens (including phenoxy) is 1. The second-order valence-corrected chi connectivity index (χ2v) is 7.47. The molecule has 24 heavy (non-hydrogen) atoms. The largest absolute Gasteiger partial charge is 0.478 e. The fourth-order valence-electron chi connectivity index (χ4n) is 2.53. The van der Waals surface area contributed by atoms with Crippen LogP contribution in [-0.2, 0) is 15.6 Å². The molecule has 130 valence electrons. The van der Waals surface area contributed by atoms with Crippen LogP contribution in [0.5, 0.6) is 5.88 Å². The number of pyridine rings is 1. The number of hydrogen-bond acceptors (Lipinski definition) is 8. The van der Waals surface area contributed by atoms with Gasteiger partial charge in [0.25, 0.3) is 5.89 Å². The number of hydrogen-bond donors (Lipinski definition) is 1. The lowest BCUT2D eigenvalue weighted by molar-refractivity contribution is 0.0194. The predicted molar refractivity (Wildman–Crippen MR) is 81.7 cm³/mol. The molecule has 1 unspecified atom stereocenters. The predicted octanol–water partition coefficient (Wildman–Crippen LogP) is 0.454. The van der Waals surface area contributed by atoms with Crippen molar-refractivity contribution in [3.63, 3.8) is 0 Å². The summed E-state index contributed by atoms with van der Waals surface area (Å²) in [5, 5.41) is 14.3. The van der Waals surface area contributed by atoms with Gasteiger partial charge in [0.1, 0.15) is 4.90 Å². The van der Waals surface area contributed by atoms with Gasteiger partial charge in [-0.05, 0) is 19.9 Å². The highest BCUT2D eigenvalue weighted by Crippen LogP contribution is 2.34. The second-order valence-electron chi connectivity index (χ2n) is 5.53. The molecule has 1 aliphatic heterocycles. The molecule has 2 aromatic rings. The van der Waals surface area contributed by atoms with Crippen molar-refractivity contribution < 1.29 is 22.8 Å². The van der Waals surface area contributed by atoms with Gasteiger partial charge in [-0.3, -0.25) is 0 Å². The Bertz CT molecular complexity index is 820. The van der Waals surface area contributed by atoms with Crippen molar-refractivity contribution >= 4 is 10.0 Å². The smallest absolute Gasteiger partial charge is 0.260 e. The normalized spacial score (nSPS) is 22.0. The van der Waals surface area contributed by atoms with Gasteiger partial charge in [-0.2, -0.15) is 9.29 Å². The minimum Gasteiger partial charge on any atom is -0.478 e. The first-order valence-electron chi connectivity index (χ1n) is 7.47. The Morgan fingerprint density at radius 2 is 2.25 bits per heavy atom. The van der Waals surface area contributed by atoms with E-state index in [1.54, 1.807) is 6.92 Å². The molecule has 1 atom stereocenters. The molecule has 9 nitrogen and oxygen atoms in total. The fourth-order valence-corrected chi connectivity index (χ4v) is 3.97. The van der Waals surface area contributed by atoms with E-state index >= 15 is 0 Å². The maximum Gasteiger partial charge on any atom is 0.260 e. The van der Waals surface area contributed by atoms with Crippen LogP contribution in [-0.4, -0.2) is 52.7 Å². The van der Waals surface area contributed by atoms with Crippen LogP contribution in [0.15, 0.2) is 27.7 Å². The summed E-state index contributed by atoms with van der Waals surface area (Å²) in [6, 6.07) is 2.93. The van der Waals surface area contributed by atoms with E-state index in [2.05, 4.69) is 15.1 Å². The molecule has 0 aromatic carbocycles. The quantitative estimate of drug-likeness (QED) is 0.822. The molecule has 0 amide bonds. The molecule has 1 saturated heterocycles. The summed E-state index contributed by atoms with van der Waals surface area (Å²) in [5.41, 5.74) is -1.48. The third-order valence-corrected chi connectivity index (χ3v) is 5.61. The zero-order valence-corrected chi connectivity index (χ0v) is 14.2. The first-order chi connectivity index (χ1) is 11.3. The van der Waals surface area contributed by atoms with Gasteiger partial charge in [0, 0.05) is 19.0 Å². The van der Waals surface area contributed by atoms with Crippen LogP contribution in [0.1, 0.15) is 25.1 Å². The molecule has 0 saturated carbocycles. The molecule has 3 heterocycles. The summed E-state index contributed by atoms with van der Waals surface area (Å²) in [4.78, 5) is 8.02. The van der Waals surface area contributed by atoms with E-state index in [0.717, 1.165) is 0 Å². The molecule has 1 N–H and O–H groups in total. The average Bonchev–Trinajstić information content (AvgIpc) is 3.16. The monoisotopic (exact) mass is 354 g/mol. The molecule has 1 fully saturated rings. The Morgan fingerprint density at radius 3 is 2.83 bits per heavy atom. The summed E-state index contributed by atoms with van der Waals surface area (Å²) >= 11 is 0. The molecule has 0 radical (unpaired) electrons. The van der Waals surface area contributed by atoms with Crippen LogP contribution in [0.2, 0.25) is 0 Å². The molecule has 3 rings (SSSR count). The highest BCUT2D eigenvalue weighted by molar-refractivity contribution is 7.89. The van der Waals surface area contributed by atoms with Gasteiger partial charge in [0.15, 0.2) is 11.4 Å². The molecule has 10 heteroatoms. The van der Waals surface area contributed by atoms with Crippen molar-refractivity contribution in [3.8, 4) is 5.88 Å². The van der Waals surface area contributed by atoms with Crippen molar-refractivity contribution in [3.05, 3.63) is 30.0 Å². The highest BCUT2D eigenvalue weighted by atomic mass is 32.2. The average molecular weight is 354 g/mol. The zero-order valence-electron chi connectivity index (χ0n) is 13.3.